The van der Waals surface area contributed by atoms with Crippen molar-refractivity contribution in [3.63, 3.8) is 0 Å². The first kappa shape index (κ1) is 22.9. The second-order valence-corrected chi connectivity index (χ2v) is 10.3. The molecule has 0 radical (unpaired) electrons. The number of ether oxygens (including phenoxy) is 1. The number of carbonyl (C=O) groups is 1. The summed E-state index contributed by atoms with van der Waals surface area (Å²) in [4.78, 5) is 11.9. The summed E-state index contributed by atoms with van der Waals surface area (Å²) in [6.45, 7) is 6.99. The van der Waals surface area contributed by atoms with Crippen LogP contribution < -0.4 is 10.1 Å². The molecule has 0 aliphatic heterocycles. The normalized spacial score (nSPS) is 11.8. The first-order chi connectivity index (χ1) is 13.7. The molecule has 0 saturated carbocycles. The van der Waals surface area contributed by atoms with Crippen molar-refractivity contribution in [1.29, 1.82) is 0 Å². The van der Waals surface area contributed by atoms with E-state index >= 15 is 0 Å². The lowest BCUT2D eigenvalue weighted by atomic mass is 9.87. The maximum Gasteiger partial charge on any atom is 0.235 e. The third-order valence-electron chi connectivity index (χ3n) is 4.53. The maximum atomic E-state index is 12.1. The van der Waals surface area contributed by atoms with Gasteiger partial charge in [0.15, 0.2) is 9.84 Å². The number of amides is 1. The summed E-state index contributed by atoms with van der Waals surface area (Å²) in [5, 5.41) is 2.61. The molecule has 0 heterocycles. The molecule has 2 rings (SSSR count). The van der Waals surface area contributed by atoms with Gasteiger partial charge in [-0.2, -0.15) is 0 Å². The third-order valence-corrected chi connectivity index (χ3v) is 6.14. The van der Waals surface area contributed by atoms with Crippen molar-refractivity contribution >= 4 is 15.7 Å². The molecular formula is C23H31NO4S. The molecule has 1 N–H and O–H groups in total. The first-order valence-electron chi connectivity index (χ1n) is 9.90. The highest BCUT2D eigenvalue weighted by atomic mass is 32.2. The molecular weight excluding hydrogens is 386 g/mol. The zero-order valence-corrected chi connectivity index (χ0v) is 18.3. The number of hydrogen-bond acceptors (Lipinski definition) is 4. The lowest BCUT2D eigenvalue weighted by Gasteiger charge is -2.19. The van der Waals surface area contributed by atoms with Gasteiger partial charge in [-0.1, -0.05) is 63.2 Å². The second-order valence-electron chi connectivity index (χ2n) is 8.15. The van der Waals surface area contributed by atoms with Crippen molar-refractivity contribution in [3.05, 3.63) is 65.7 Å². The van der Waals surface area contributed by atoms with Crippen molar-refractivity contribution in [2.45, 2.75) is 39.0 Å². The van der Waals surface area contributed by atoms with E-state index in [1.165, 1.54) is 5.56 Å². The Balaban J connectivity index is 1.65. The summed E-state index contributed by atoms with van der Waals surface area (Å²) >= 11 is 0. The molecule has 6 heteroatoms. The number of carbonyl (C=O) groups excluding carboxylic acids is 1. The van der Waals surface area contributed by atoms with Crippen molar-refractivity contribution < 1.29 is 17.9 Å². The maximum absolute atomic E-state index is 12.1. The van der Waals surface area contributed by atoms with Crippen LogP contribution in [0.15, 0.2) is 54.6 Å². The Bertz CT molecular complexity index is 869. The molecule has 0 fully saturated rings. The van der Waals surface area contributed by atoms with Crippen LogP contribution in [0.5, 0.6) is 5.75 Å². The Kier molecular flexibility index (Phi) is 8.26. The van der Waals surface area contributed by atoms with Crippen LogP contribution in [-0.4, -0.2) is 39.0 Å². The minimum Gasteiger partial charge on any atom is -0.492 e. The van der Waals surface area contributed by atoms with Crippen LogP contribution >= 0.6 is 0 Å². The number of aryl methyl sites for hydroxylation is 1. The molecule has 0 saturated heterocycles. The van der Waals surface area contributed by atoms with Gasteiger partial charge in [0.2, 0.25) is 5.91 Å². The minimum absolute atomic E-state index is 0.00589. The van der Waals surface area contributed by atoms with Gasteiger partial charge >= 0.3 is 0 Å². The predicted octanol–water partition coefficient (Wildman–Crippen LogP) is 3.53. The largest absolute Gasteiger partial charge is 0.492 e. The van der Waals surface area contributed by atoms with Gasteiger partial charge in [0.25, 0.3) is 0 Å². The Labute approximate surface area is 174 Å². The van der Waals surface area contributed by atoms with Crippen molar-refractivity contribution in [1.82, 2.24) is 5.32 Å². The number of rotatable bonds is 10. The van der Waals surface area contributed by atoms with Crippen molar-refractivity contribution in [2.24, 2.45) is 0 Å². The molecule has 1 amide bonds. The van der Waals surface area contributed by atoms with E-state index in [9.17, 15) is 13.2 Å². The van der Waals surface area contributed by atoms with Gasteiger partial charge < -0.3 is 10.1 Å². The number of nitrogens with one attached hydrogen (secondary N) is 1. The molecule has 0 aromatic heterocycles. The SMILES string of the molecule is CC(C)(C)c1ccc(OCCNC(=O)CS(=O)(=O)CCCc2ccccc2)cc1. The lowest BCUT2D eigenvalue weighted by Crippen LogP contribution is -2.34. The number of benzene rings is 2. The lowest BCUT2D eigenvalue weighted by molar-refractivity contribution is -0.118. The Hall–Kier alpha value is -2.34. The van der Waals surface area contributed by atoms with E-state index in [2.05, 4.69) is 26.1 Å². The molecule has 2 aromatic carbocycles. The van der Waals surface area contributed by atoms with Crippen LogP contribution in [0.2, 0.25) is 0 Å². The molecule has 2 aromatic rings. The highest BCUT2D eigenvalue weighted by Gasteiger charge is 2.16. The summed E-state index contributed by atoms with van der Waals surface area (Å²) in [7, 11) is -3.41. The topological polar surface area (TPSA) is 72.5 Å². The fraction of sp³-hybridized carbons (Fsp3) is 0.435. The van der Waals surface area contributed by atoms with Gasteiger partial charge in [-0.3, -0.25) is 4.79 Å². The molecule has 29 heavy (non-hydrogen) atoms. The minimum atomic E-state index is -3.41. The number of sulfone groups is 1. The average molecular weight is 418 g/mol. The molecule has 5 nitrogen and oxygen atoms in total. The Morgan fingerprint density at radius 1 is 1.00 bits per heavy atom. The zero-order chi connectivity index (χ0) is 21.3. The van der Waals surface area contributed by atoms with E-state index in [0.29, 0.717) is 12.8 Å². The predicted molar refractivity (Wildman–Crippen MR) is 117 cm³/mol. The van der Waals surface area contributed by atoms with Gasteiger partial charge in [0.1, 0.15) is 18.1 Å². The highest BCUT2D eigenvalue weighted by Crippen LogP contribution is 2.24. The number of hydrogen-bond donors (Lipinski definition) is 1. The van der Waals surface area contributed by atoms with Gasteiger partial charge in [0.05, 0.1) is 12.3 Å². The fourth-order valence-electron chi connectivity index (χ4n) is 2.87. The van der Waals surface area contributed by atoms with E-state index in [1.54, 1.807) is 0 Å². The van der Waals surface area contributed by atoms with Crippen LogP contribution in [-0.2, 0) is 26.5 Å². The standard InChI is InChI=1S/C23H31NO4S/c1-23(2,3)20-11-13-21(14-12-20)28-16-15-24-22(25)18-29(26,27)17-7-10-19-8-5-4-6-9-19/h4-6,8-9,11-14H,7,10,15-18H2,1-3H3,(H,24,25). The Morgan fingerprint density at radius 3 is 2.28 bits per heavy atom. The molecule has 158 valence electrons. The van der Waals surface area contributed by atoms with Crippen LogP contribution in [0, 0.1) is 0 Å². The molecule has 0 aliphatic carbocycles. The van der Waals surface area contributed by atoms with Gasteiger partial charge in [0, 0.05) is 0 Å². The molecule has 0 atom stereocenters. The highest BCUT2D eigenvalue weighted by molar-refractivity contribution is 7.92. The smallest absolute Gasteiger partial charge is 0.235 e. The van der Waals surface area contributed by atoms with Crippen LogP contribution in [0.1, 0.15) is 38.3 Å². The summed E-state index contributed by atoms with van der Waals surface area (Å²) in [5.74, 6) is -0.245. The average Bonchev–Trinajstić information content (AvgIpc) is 2.65. The van der Waals surface area contributed by atoms with Crippen LogP contribution in [0.25, 0.3) is 0 Å². The van der Waals surface area contributed by atoms with Crippen LogP contribution in [0.4, 0.5) is 0 Å². The van der Waals surface area contributed by atoms with E-state index in [1.807, 2.05) is 54.6 Å². The van der Waals surface area contributed by atoms with Crippen LogP contribution in [0.3, 0.4) is 0 Å². The van der Waals surface area contributed by atoms with Crippen molar-refractivity contribution in [3.8, 4) is 5.75 Å². The van der Waals surface area contributed by atoms with Gasteiger partial charge in [-0.15, -0.1) is 0 Å². The quantitative estimate of drug-likeness (QED) is 0.600. The van der Waals surface area contributed by atoms with Crippen molar-refractivity contribution in [2.75, 3.05) is 24.7 Å². The van der Waals surface area contributed by atoms with Gasteiger partial charge in [-0.05, 0) is 41.5 Å². The van der Waals surface area contributed by atoms with E-state index in [0.717, 1.165) is 11.3 Å². The molecule has 0 spiro atoms. The Morgan fingerprint density at radius 2 is 1.66 bits per heavy atom. The van der Waals surface area contributed by atoms with E-state index in [-0.39, 0.29) is 24.3 Å². The molecule has 0 bridgehead atoms. The second kappa shape index (κ2) is 10.4. The summed E-state index contributed by atoms with van der Waals surface area (Å²) in [6.07, 6.45) is 1.19. The van der Waals surface area contributed by atoms with E-state index < -0.39 is 21.5 Å². The summed E-state index contributed by atoms with van der Waals surface area (Å²) < 4.78 is 29.8. The zero-order valence-electron chi connectivity index (χ0n) is 17.5. The van der Waals surface area contributed by atoms with E-state index in [4.69, 9.17) is 4.74 Å². The molecule has 0 aliphatic rings. The fourth-order valence-corrected chi connectivity index (χ4v) is 4.10. The summed E-state index contributed by atoms with van der Waals surface area (Å²) in [5.41, 5.74) is 2.40. The third kappa shape index (κ3) is 8.69. The molecule has 0 unspecified atom stereocenters. The summed E-state index contributed by atoms with van der Waals surface area (Å²) in [6, 6.07) is 17.6. The van der Waals surface area contributed by atoms with Gasteiger partial charge in [-0.25, -0.2) is 8.42 Å². The first-order valence-corrected chi connectivity index (χ1v) is 11.7. The monoisotopic (exact) mass is 417 g/mol.